The average molecular weight is 354 g/mol. The highest BCUT2D eigenvalue weighted by molar-refractivity contribution is 7.16. The van der Waals surface area contributed by atoms with Gasteiger partial charge in [0.05, 0.1) is 25.6 Å². The van der Waals surface area contributed by atoms with Crippen LogP contribution in [0.3, 0.4) is 0 Å². The van der Waals surface area contributed by atoms with Gasteiger partial charge in [-0.15, -0.1) is 11.3 Å². The maximum Gasteiger partial charge on any atom is 0.188 e. The molecule has 5 heteroatoms. The standard InChI is InChI=1S/C20H22N2O2S/c1-5-18-19(14-8-6-13(2)7-9-14)22-20(25-18)21-16-11-10-15(23-3)12-17(16)24-4/h6-12H,5H2,1-4H3,(H,21,22). The minimum atomic E-state index is 0.726. The van der Waals surface area contributed by atoms with E-state index in [1.54, 1.807) is 25.6 Å². The SMILES string of the molecule is CCc1sc(Nc2ccc(OC)cc2OC)nc1-c1ccc(C)cc1. The molecule has 3 rings (SSSR count). The van der Waals surface area contributed by atoms with E-state index < -0.39 is 0 Å². The van der Waals surface area contributed by atoms with Crippen LogP contribution in [0.25, 0.3) is 11.3 Å². The lowest BCUT2D eigenvalue weighted by Gasteiger charge is -2.10. The Morgan fingerprint density at radius 2 is 1.80 bits per heavy atom. The Morgan fingerprint density at radius 1 is 1.04 bits per heavy atom. The maximum atomic E-state index is 5.46. The number of ether oxygens (including phenoxy) is 2. The van der Waals surface area contributed by atoms with Gasteiger partial charge in [0, 0.05) is 16.5 Å². The quantitative estimate of drug-likeness (QED) is 0.640. The summed E-state index contributed by atoms with van der Waals surface area (Å²) in [4.78, 5) is 6.08. The zero-order valence-electron chi connectivity index (χ0n) is 14.9. The van der Waals surface area contributed by atoms with Crippen LogP contribution in [0.2, 0.25) is 0 Å². The molecular formula is C20H22N2O2S. The van der Waals surface area contributed by atoms with Crippen molar-refractivity contribution in [2.45, 2.75) is 20.3 Å². The number of aryl methyl sites for hydroxylation is 2. The largest absolute Gasteiger partial charge is 0.497 e. The third kappa shape index (κ3) is 3.77. The summed E-state index contributed by atoms with van der Waals surface area (Å²) >= 11 is 1.67. The van der Waals surface area contributed by atoms with Crippen molar-refractivity contribution in [3.8, 4) is 22.8 Å². The molecule has 0 unspecified atom stereocenters. The van der Waals surface area contributed by atoms with E-state index in [1.165, 1.54) is 10.4 Å². The fourth-order valence-electron chi connectivity index (χ4n) is 2.60. The van der Waals surface area contributed by atoms with Gasteiger partial charge in [0.2, 0.25) is 0 Å². The van der Waals surface area contributed by atoms with Gasteiger partial charge in [-0.05, 0) is 25.5 Å². The highest BCUT2D eigenvalue weighted by Gasteiger charge is 2.13. The maximum absolute atomic E-state index is 5.46. The molecular weight excluding hydrogens is 332 g/mol. The summed E-state index contributed by atoms with van der Waals surface area (Å²) in [6, 6.07) is 14.2. The van der Waals surface area contributed by atoms with Crippen molar-refractivity contribution in [3.05, 3.63) is 52.9 Å². The molecule has 130 valence electrons. The van der Waals surface area contributed by atoms with Gasteiger partial charge in [-0.3, -0.25) is 0 Å². The van der Waals surface area contributed by atoms with E-state index in [-0.39, 0.29) is 0 Å². The van der Waals surface area contributed by atoms with E-state index in [0.717, 1.165) is 40.0 Å². The second-order valence-corrected chi connectivity index (χ2v) is 6.79. The van der Waals surface area contributed by atoms with Gasteiger partial charge >= 0.3 is 0 Å². The molecule has 0 radical (unpaired) electrons. The molecule has 25 heavy (non-hydrogen) atoms. The van der Waals surface area contributed by atoms with Gasteiger partial charge in [0.1, 0.15) is 11.5 Å². The van der Waals surface area contributed by atoms with Crippen molar-refractivity contribution in [3.63, 3.8) is 0 Å². The van der Waals surface area contributed by atoms with Crippen LogP contribution < -0.4 is 14.8 Å². The molecule has 0 amide bonds. The molecule has 0 saturated heterocycles. The van der Waals surface area contributed by atoms with Gasteiger partial charge in [-0.2, -0.15) is 0 Å². The number of hydrogen-bond donors (Lipinski definition) is 1. The van der Waals surface area contributed by atoms with Gasteiger partial charge in [-0.25, -0.2) is 4.98 Å². The first kappa shape index (κ1) is 17.3. The molecule has 0 fully saturated rings. The minimum Gasteiger partial charge on any atom is -0.497 e. The van der Waals surface area contributed by atoms with Gasteiger partial charge < -0.3 is 14.8 Å². The molecule has 3 aromatic rings. The van der Waals surface area contributed by atoms with Crippen molar-refractivity contribution in [1.82, 2.24) is 4.98 Å². The summed E-state index contributed by atoms with van der Waals surface area (Å²) in [6.07, 6.45) is 0.947. The molecule has 2 aromatic carbocycles. The topological polar surface area (TPSA) is 43.4 Å². The highest BCUT2D eigenvalue weighted by Crippen LogP contribution is 2.36. The Hall–Kier alpha value is -2.53. The summed E-state index contributed by atoms with van der Waals surface area (Å²) < 4.78 is 10.7. The number of rotatable bonds is 6. The second kappa shape index (κ2) is 7.57. The van der Waals surface area contributed by atoms with Crippen molar-refractivity contribution in [1.29, 1.82) is 0 Å². The molecule has 0 aliphatic carbocycles. The van der Waals surface area contributed by atoms with Crippen molar-refractivity contribution < 1.29 is 9.47 Å². The number of nitrogens with one attached hydrogen (secondary N) is 1. The van der Waals surface area contributed by atoms with E-state index in [1.807, 2.05) is 18.2 Å². The van der Waals surface area contributed by atoms with Gasteiger partial charge in [-0.1, -0.05) is 36.8 Å². The molecule has 1 N–H and O–H groups in total. The summed E-state index contributed by atoms with van der Waals surface area (Å²) in [5, 5.41) is 4.24. The normalized spacial score (nSPS) is 10.6. The summed E-state index contributed by atoms with van der Waals surface area (Å²) in [5.74, 6) is 1.49. The fourth-order valence-corrected chi connectivity index (χ4v) is 3.53. The predicted molar refractivity (Wildman–Crippen MR) is 104 cm³/mol. The predicted octanol–water partition coefficient (Wildman–Crippen LogP) is 5.44. The second-order valence-electron chi connectivity index (χ2n) is 5.70. The number of anilines is 2. The van der Waals surface area contributed by atoms with Crippen LogP contribution in [-0.2, 0) is 6.42 Å². The van der Waals surface area contributed by atoms with Crippen molar-refractivity contribution in [2.24, 2.45) is 0 Å². The third-order valence-corrected chi connectivity index (χ3v) is 5.11. The molecule has 0 spiro atoms. The number of benzene rings is 2. The summed E-state index contributed by atoms with van der Waals surface area (Å²) in [7, 11) is 3.29. The molecule has 0 saturated carbocycles. The molecule has 0 atom stereocenters. The molecule has 1 aromatic heterocycles. The van der Waals surface area contributed by atoms with E-state index in [4.69, 9.17) is 14.5 Å². The minimum absolute atomic E-state index is 0.726. The van der Waals surface area contributed by atoms with Gasteiger partial charge in [0.15, 0.2) is 5.13 Å². The molecule has 0 bridgehead atoms. The van der Waals surface area contributed by atoms with E-state index in [9.17, 15) is 0 Å². The zero-order chi connectivity index (χ0) is 17.8. The van der Waals surface area contributed by atoms with Crippen LogP contribution in [0.4, 0.5) is 10.8 Å². The number of aromatic nitrogens is 1. The zero-order valence-corrected chi connectivity index (χ0v) is 15.7. The van der Waals surface area contributed by atoms with E-state index in [2.05, 4.69) is 43.4 Å². The monoisotopic (exact) mass is 354 g/mol. The Balaban J connectivity index is 1.93. The number of thiazole rings is 1. The lowest BCUT2D eigenvalue weighted by molar-refractivity contribution is 0.395. The van der Waals surface area contributed by atoms with Crippen LogP contribution in [0.5, 0.6) is 11.5 Å². The molecule has 0 aliphatic heterocycles. The van der Waals surface area contributed by atoms with Crippen molar-refractivity contribution in [2.75, 3.05) is 19.5 Å². The number of methoxy groups -OCH3 is 2. The Morgan fingerprint density at radius 3 is 2.44 bits per heavy atom. The van der Waals surface area contributed by atoms with Crippen LogP contribution >= 0.6 is 11.3 Å². The summed E-state index contributed by atoms with van der Waals surface area (Å²) in [5.41, 5.74) is 4.31. The Labute approximate surface area is 152 Å². The van der Waals surface area contributed by atoms with Crippen LogP contribution in [0, 0.1) is 6.92 Å². The Kier molecular flexibility index (Phi) is 5.24. The average Bonchev–Trinajstić information content (AvgIpc) is 3.05. The lowest BCUT2D eigenvalue weighted by atomic mass is 10.1. The molecule has 0 aliphatic rings. The van der Waals surface area contributed by atoms with Crippen molar-refractivity contribution >= 4 is 22.2 Å². The fraction of sp³-hybridized carbons (Fsp3) is 0.250. The van der Waals surface area contributed by atoms with Crippen LogP contribution in [0.1, 0.15) is 17.4 Å². The molecule has 1 heterocycles. The van der Waals surface area contributed by atoms with Crippen LogP contribution in [-0.4, -0.2) is 19.2 Å². The first-order valence-electron chi connectivity index (χ1n) is 8.20. The van der Waals surface area contributed by atoms with E-state index in [0.29, 0.717) is 0 Å². The molecule has 4 nitrogen and oxygen atoms in total. The van der Waals surface area contributed by atoms with E-state index >= 15 is 0 Å². The first-order valence-corrected chi connectivity index (χ1v) is 9.02. The number of nitrogens with zero attached hydrogens (tertiary/aromatic N) is 1. The van der Waals surface area contributed by atoms with Gasteiger partial charge in [0.25, 0.3) is 0 Å². The smallest absolute Gasteiger partial charge is 0.188 e. The summed E-state index contributed by atoms with van der Waals surface area (Å²) in [6.45, 7) is 4.25. The Bertz CT molecular complexity index is 857. The van der Waals surface area contributed by atoms with Crippen LogP contribution in [0.15, 0.2) is 42.5 Å². The number of hydrogen-bond acceptors (Lipinski definition) is 5. The highest BCUT2D eigenvalue weighted by atomic mass is 32.1. The lowest BCUT2D eigenvalue weighted by Crippen LogP contribution is -1.95. The third-order valence-electron chi connectivity index (χ3n) is 3.99. The first-order chi connectivity index (χ1) is 12.1.